The molecule has 0 amide bonds. The first-order valence-electron chi connectivity index (χ1n) is 46.2. The zero-order valence-corrected chi connectivity index (χ0v) is 80.6. The van der Waals surface area contributed by atoms with Crippen LogP contribution in [-0.2, 0) is 51.4 Å². The van der Waals surface area contributed by atoms with Gasteiger partial charge in [-0.05, 0) is 444 Å². The number of rotatable bonds is 0. The lowest BCUT2D eigenvalue weighted by Crippen LogP contribution is -1.98. The summed E-state index contributed by atoms with van der Waals surface area (Å²) in [6.45, 7) is 54.9. The Morgan fingerprint density at radius 3 is 1.00 bits per heavy atom. The van der Waals surface area contributed by atoms with E-state index in [1.165, 1.54) is 313 Å². The molecule has 24 rings (SSSR count). The van der Waals surface area contributed by atoms with Gasteiger partial charge in [0.05, 0.1) is 45.6 Å². The first-order chi connectivity index (χ1) is 61.8. The second-order valence-electron chi connectivity index (χ2n) is 37.7. The minimum atomic E-state index is 0.998. The van der Waals surface area contributed by atoms with Crippen molar-refractivity contribution < 1.29 is 0 Å². The van der Waals surface area contributed by atoms with Crippen LogP contribution in [0.1, 0.15) is 229 Å². The van der Waals surface area contributed by atoms with Crippen LogP contribution in [-0.4, -0.2) is 39.9 Å². The Kier molecular flexibility index (Phi) is 24.2. The fourth-order valence-electron chi connectivity index (χ4n) is 21.1. The van der Waals surface area contributed by atoms with Crippen molar-refractivity contribution in [3.63, 3.8) is 0 Å². The minimum Gasteiger partial charge on any atom is -0.260 e. The predicted molar refractivity (Wildman–Crippen MR) is 538 cm³/mol. The van der Waals surface area contributed by atoms with Crippen LogP contribution in [0, 0.1) is 173 Å². The van der Waals surface area contributed by atoms with Gasteiger partial charge in [0.2, 0.25) is 0 Å². The van der Waals surface area contributed by atoms with Crippen molar-refractivity contribution in [3.05, 3.63) is 418 Å². The lowest BCUT2D eigenvalue weighted by Gasteiger charge is -2.15. The summed E-state index contributed by atoms with van der Waals surface area (Å²) in [5, 5.41) is 0. The van der Waals surface area contributed by atoms with Crippen LogP contribution in [0.2, 0.25) is 0 Å². The van der Waals surface area contributed by atoms with E-state index in [0.717, 1.165) is 57.1 Å². The highest BCUT2D eigenvalue weighted by molar-refractivity contribution is 5.86. The first-order valence-corrected chi connectivity index (χ1v) is 46.2. The Bertz CT molecular complexity index is 7290. The van der Waals surface area contributed by atoms with Crippen LogP contribution >= 0.6 is 0 Å². The summed E-state index contributed by atoms with van der Waals surface area (Å²) in [5.74, 6) is 0. The molecule has 8 heterocycles. The number of aromatic nitrogens is 8. The van der Waals surface area contributed by atoms with Gasteiger partial charge in [0.15, 0.2) is 0 Å². The fourth-order valence-corrected chi connectivity index (χ4v) is 21.1. The summed E-state index contributed by atoms with van der Waals surface area (Å²) in [6.07, 6.45) is 21.4. The zero-order valence-electron chi connectivity index (χ0n) is 80.6. The van der Waals surface area contributed by atoms with Gasteiger partial charge in [-0.2, -0.15) is 0 Å². The van der Waals surface area contributed by atoms with Crippen LogP contribution in [0.4, 0.5) is 0 Å². The molecule has 129 heavy (non-hydrogen) atoms. The maximum Gasteiger partial charge on any atom is 0.0529 e. The van der Waals surface area contributed by atoms with Gasteiger partial charge in [0.25, 0.3) is 0 Å². The number of pyridine rings is 8. The van der Waals surface area contributed by atoms with Gasteiger partial charge in [-0.15, -0.1) is 0 Å². The molecule has 0 radical (unpaired) electrons. The fraction of sp³-hybridized carbons (Fsp3) is 0.273. The van der Waals surface area contributed by atoms with Crippen molar-refractivity contribution in [1.82, 2.24) is 39.9 Å². The van der Waals surface area contributed by atoms with E-state index < -0.39 is 0 Å². The molecular formula is C121H122N8. The average molecular weight is 1690 g/mol. The highest BCUT2D eigenvalue weighted by Crippen LogP contribution is 2.48. The molecule has 0 atom stereocenters. The van der Waals surface area contributed by atoms with Crippen molar-refractivity contribution in [2.45, 2.75) is 224 Å². The second kappa shape index (κ2) is 35.5. The maximum absolute atomic E-state index is 4.64. The van der Waals surface area contributed by atoms with E-state index in [9.17, 15) is 0 Å². The molecule has 0 aliphatic heterocycles. The smallest absolute Gasteiger partial charge is 0.0529 e. The number of fused-ring (bicyclic) bond motifs is 24. The second-order valence-corrected chi connectivity index (χ2v) is 37.7. The van der Waals surface area contributed by atoms with Gasteiger partial charge in [0, 0.05) is 145 Å². The van der Waals surface area contributed by atoms with E-state index >= 15 is 0 Å². The summed E-state index contributed by atoms with van der Waals surface area (Å²) in [6, 6.07) is 52.4. The Morgan fingerprint density at radius 2 is 0.496 bits per heavy atom. The molecule has 8 aromatic heterocycles. The molecule has 8 nitrogen and oxygen atoms in total. The van der Waals surface area contributed by atoms with Gasteiger partial charge in [0.1, 0.15) is 0 Å². The van der Waals surface area contributed by atoms with Crippen LogP contribution < -0.4 is 0 Å². The van der Waals surface area contributed by atoms with E-state index in [0.29, 0.717) is 0 Å². The lowest BCUT2D eigenvalue weighted by atomic mass is 9.89. The van der Waals surface area contributed by atoms with E-state index in [-0.39, 0.29) is 0 Å². The SMILES string of the molecule is Cc1c(C)c(C)c2c(c1C)Cc1ncccc1-2.Cc1cc(C)c2c(c1C)Cc1ncccc1-2.Cc1cc2c(c(C)c1C)Cc1nccc(C)c1-2.Cc1cc2c(c(C)c1C)Cc1ncccc1-2.Cc1ccc2c(c1C)Cc1nccc(C)c1-2.Cc1ccc2c(c1C)Cc1ncccc1-2.Cc1ccc2c(n1)Cc1c-2ccc(C)c1C.Cc1cnc2c(c1)-c1ccc(C)c(C)c1C2. The molecule has 646 valence electrons. The molecule has 8 aliphatic rings. The third kappa shape index (κ3) is 16.2. The van der Waals surface area contributed by atoms with Crippen LogP contribution in [0.25, 0.3) is 89.0 Å². The van der Waals surface area contributed by atoms with Crippen molar-refractivity contribution in [2.75, 3.05) is 0 Å². The van der Waals surface area contributed by atoms with E-state index in [1.54, 1.807) is 0 Å². The molecule has 0 saturated carbocycles. The van der Waals surface area contributed by atoms with Gasteiger partial charge in [-0.25, -0.2) is 0 Å². The normalized spacial score (nSPS) is 12.4. The molecule has 0 spiro atoms. The third-order valence-electron chi connectivity index (χ3n) is 30.3. The molecule has 8 aromatic carbocycles. The Balaban J connectivity index is 0.000000104. The summed E-state index contributed by atoms with van der Waals surface area (Å²) < 4.78 is 0. The van der Waals surface area contributed by atoms with E-state index in [2.05, 4.69) is 334 Å². The maximum atomic E-state index is 4.64. The van der Waals surface area contributed by atoms with Gasteiger partial charge >= 0.3 is 0 Å². The molecule has 8 heteroatoms. The molecule has 0 bridgehead atoms. The van der Waals surface area contributed by atoms with Crippen LogP contribution in [0.15, 0.2) is 189 Å². The summed E-state index contributed by atoms with van der Waals surface area (Å²) in [7, 11) is 0. The van der Waals surface area contributed by atoms with Crippen LogP contribution in [0.5, 0.6) is 0 Å². The monoisotopic (exact) mass is 1690 g/mol. The predicted octanol–water partition coefficient (Wildman–Crippen LogP) is 28.9. The van der Waals surface area contributed by atoms with Crippen molar-refractivity contribution >= 4 is 0 Å². The number of nitrogens with zero attached hydrogens (tertiary/aromatic N) is 8. The van der Waals surface area contributed by atoms with E-state index in [1.807, 2.05) is 67.6 Å². The largest absolute Gasteiger partial charge is 0.260 e. The number of hydrogen-bond donors (Lipinski definition) is 0. The molecule has 0 N–H and O–H groups in total. The van der Waals surface area contributed by atoms with Gasteiger partial charge < -0.3 is 0 Å². The highest BCUT2D eigenvalue weighted by atomic mass is 14.7. The van der Waals surface area contributed by atoms with Gasteiger partial charge in [-0.3, -0.25) is 39.9 Å². The van der Waals surface area contributed by atoms with Gasteiger partial charge in [-0.1, -0.05) is 97.1 Å². The standard InChI is InChI=1S/2C16H17N.5C15H15N.C14H13N/c1-9-5-6-17-15-8-13-12(4)11(3)10(2)7-14(13)16(9)15;1-9-10(2)12(4)16-13-6-5-7-17-15(13)8-14(16)11(9)3;1-9-4-6-12-13-7-5-10(2)16-15(13)8-14(12)11(9)3;1-9-6-14-12-5-4-10(2)11(3)13(12)7-15(14)16-8-9;1-9-4-5-12-13(11(9)3)8-14-15(12)10(2)6-7-16-14;1-9-7-14-12-5-4-6-16-15(12)8-13(14)11(3)10(9)2;1-9-7-10(2)15-12-5-4-6-16-14(12)8-13(15)11(9)3;1-9-5-6-11-12-4-3-7-15-14(12)8-13(11)10(9)2/h2*5-7H,8H2,1-4H3;4-7H,8H2,1-3H3;4-6,8H,7H2,1-3H3;3*4-7H,8H2,1-3H3;3-7H,8H2,1-2H3. The van der Waals surface area contributed by atoms with Crippen LogP contribution in [0.3, 0.4) is 0 Å². The molecule has 0 unspecified atom stereocenters. The number of hydrogen-bond acceptors (Lipinski definition) is 8. The Morgan fingerprint density at radius 1 is 0.171 bits per heavy atom. The quantitative estimate of drug-likeness (QED) is 0.148. The molecule has 0 fully saturated rings. The molecule has 0 saturated heterocycles. The summed E-state index contributed by atoms with van der Waals surface area (Å²) >= 11 is 0. The highest BCUT2D eigenvalue weighted by Gasteiger charge is 2.31. The van der Waals surface area contributed by atoms with E-state index in [4.69, 9.17) is 0 Å². The summed E-state index contributed by atoms with van der Waals surface area (Å²) in [4.78, 5) is 36.1. The summed E-state index contributed by atoms with van der Waals surface area (Å²) in [5.41, 5.74) is 78.2. The Hall–Kier alpha value is -13.0. The lowest BCUT2D eigenvalue weighted by molar-refractivity contribution is 1.06. The zero-order chi connectivity index (χ0) is 91.1. The Labute approximate surface area is 766 Å². The third-order valence-corrected chi connectivity index (χ3v) is 30.3. The first kappa shape index (κ1) is 88.0. The molecular weight excluding hydrogens is 1570 g/mol. The molecule has 8 aliphatic carbocycles. The van der Waals surface area contributed by atoms with Crippen molar-refractivity contribution in [1.29, 1.82) is 0 Å². The average Bonchev–Trinajstić information content (AvgIpc) is 1.59. The minimum absolute atomic E-state index is 0.998. The van der Waals surface area contributed by atoms with Crippen molar-refractivity contribution in [3.8, 4) is 89.0 Å². The molecule has 16 aromatic rings. The number of benzene rings is 8. The number of aryl methyl sites for hydroxylation is 12. The topological polar surface area (TPSA) is 103 Å². The van der Waals surface area contributed by atoms with Crippen molar-refractivity contribution in [2.24, 2.45) is 0 Å².